The Morgan fingerprint density at radius 2 is 1.93 bits per heavy atom. The molecule has 1 aliphatic rings. The van der Waals surface area contributed by atoms with Gasteiger partial charge in [-0.2, -0.15) is 0 Å². The van der Waals surface area contributed by atoms with Crippen LogP contribution >= 0.6 is 11.6 Å². The summed E-state index contributed by atoms with van der Waals surface area (Å²) in [5.41, 5.74) is 1.83. The van der Waals surface area contributed by atoms with Crippen LogP contribution in [-0.2, 0) is 0 Å². The topological polar surface area (TPSA) is 37.8 Å². The predicted octanol–water partition coefficient (Wildman–Crippen LogP) is 2.81. The molecule has 0 bridgehead atoms. The molecule has 82 valence electrons. The van der Waals surface area contributed by atoms with Crippen LogP contribution in [-0.4, -0.2) is 16.5 Å². The van der Waals surface area contributed by atoms with E-state index in [0.717, 1.165) is 35.6 Å². The molecule has 3 nitrogen and oxygen atoms in total. The number of halogens is 1. The maximum absolute atomic E-state index is 6.01. The lowest BCUT2D eigenvalue weighted by atomic mass is 10.3. The number of rotatable bonds is 3. The van der Waals surface area contributed by atoms with Crippen LogP contribution in [0.3, 0.4) is 0 Å². The van der Waals surface area contributed by atoms with E-state index in [1.54, 1.807) is 0 Å². The van der Waals surface area contributed by atoms with Crippen molar-refractivity contribution in [1.82, 2.24) is 9.97 Å². The summed E-state index contributed by atoms with van der Waals surface area (Å²) >= 11 is 6.01. The third-order valence-corrected chi connectivity index (χ3v) is 3.34. The summed E-state index contributed by atoms with van der Waals surface area (Å²) in [6.45, 7) is 7.09. The summed E-state index contributed by atoms with van der Waals surface area (Å²) in [5, 5.41) is 3.75. The van der Waals surface area contributed by atoms with Crippen LogP contribution < -0.4 is 5.32 Å². The van der Waals surface area contributed by atoms with Crippen LogP contribution in [0.1, 0.15) is 24.7 Å². The molecule has 1 fully saturated rings. The number of aromatic nitrogens is 2. The van der Waals surface area contributed by atoms with E-state index in [1.165, 1.54) is 6.42 Å². The molecule has 1 heterocycles. The Labute approximate surface area is 95.3 Å². The Hall–Kier alpha value is -0.830. The number of anilines is 1. The number of aryl methyl sites for hydroxylation is 2. The van der Waals surface area contributed by atoms with Gasteiger partial charge in [-0.1, -0.05) is 18.5 Å². The molecule has 2 unspecified atom stereocenters. The normalized spacial score (nSPS) is 24.0. The van der Waals surface area contributed by atoms with E-state index in [0.29, 0.717) is 5.15 Å². The highest BCUT2D eigenvalue weighted by Gasteiger charge is 2.32. The van der Waals surface area contributed by atoms with Gasteiger partial charge in [0.15, 0.2) is 11.0 Å². The fraction of sp³-hybridized carbons (Fsp3) is 0.636. The Kier molecular flexibility index (Phi) is 2.83. The van der Waals surface area contributed by atoms with Gasteiger partial charge < -0.3 is 5.32 Å². The number of hydrogen-bond acceptors (Lipinski definition) is 3. The first-order chi connectivity index (χ1) is 7.08. The van der Waals surface area contributed by atoms with E-state index < -0.39 is 0 Å². The maximum Gasteiger partial charge on any atom is 0.171 e. The molecule has 0 aromatic carbocycles. The van der Waals surface area contributed by atoms with Crippen molar-refractivity contribution in [3.8, 4) is 0 Å². The quantitative estimate of drug-likeness (QED) is 0.860. The van der Waals surface area contributed by atoms with E-state index in [4.69, 9.17) is 11.6 Å². The molecule has 0 amide bonds. The first-order valence-corrected chi connectivity index (χ1v) is 5.70. The van der Waals surface area contributed by atoms with Crippen molar-refractivity contribution in [3.05, 3.63) is 16.5 Å². The van der Waals surface area contributed by atoms with Crippen molar-refractivity contribution < 1.29 is 0 Å². The van der Waals surface area contributed by atoms with Gasteiger partial charge in [0, 0.05) is 6.54 Å². The molecule has 1 aromatic rings. The standard InChI is InChI=1S/C11H16ClN3/c1-6-4-9(6)5-13-11-10(12)14-7(2)8(3)15-11/h6,9H,4-5H2,1-3H3,(H,13,15). The van der Waals surface area contributed by atoms with Crippen LogP contribution in [0.4, 0.5) is 5.82 Å². The van der Waals surface area contributed by atoms with E-state index in [-0.39, 0.29) is 0 Å². The Bertz CT molecular complexity index is 378. The molecule has 0 spiro atoms. The lowest BCUT2D eigenvalue weighted by Gasteiger charge is -2.08. The monoisotopic (exact) mass is 225 g/mol. The highest BCUT2D eigenvalue weighted by molar-refractivity contribution is 6.31. The molecule has 4 heteroatoms. The molecule has 1 aromatic heterocycles. The third kappa shape index (κ3) is 2.40. The SMILES string of the molecule is Cc1nc(Cl)c(NCC2CC2C)nc1C. The molecule has 15 heavy (non-hydrogen) atoms. The Morgan fingerprint density at radius 1 is 1.33 bits per heavy atom. The van der Waals surface area contributed by atoms with Crippen LogP contribution in [0.2, 0.25) is 5.15 Å². The molecule has 0 radical (unpaired) electrons. The number of nitrogens with one attached hydrogen (secondary N) is 1. The summed E-state index contributed by atoms with van der Waals surface area (Å²) in [4.78, 5) is 8.62. The Morgan fingerprint density at radius 3 is 2.53 bits per heavy atom. The van der Waals surface area contributed by atoms with Gasteiger partial charge in [0.25, 0.3) is 0 Å². The lowest BCUT2D eigenvalue weighted by molar-refractivity contribution is 0.783. The molecule has 1 aliphatic carbocycles. The molecular formula is C11H16ClN3. The van der Waals surface area contributed by atoms with Gasteiger partial charge in [-0.05, 0) is 32.1 Å². The van der Waals surface area contributed by atoms with Gasteiger partial charge in [0.2, 0.25) is 0 Å². The summed E-state index contributed by atoms with van der Waals surface area (Å²) < 4.78 is 0. The smallest absolute Gasteiger partial charge is 0.171 e. The first kappa shape index (κ1) is 10.7. The van der Waals surface area contributed by atoms with Gasteiger partial charge in [0.05, 0.1) is 11.4 Å². The van der Waals surface area contributed by atoms with E-state index in [9.17, 15) is 0 Å². The van der Waals surface area contributed by atoms with E-state index >= 15 is 0 Å². The largest absolute Gasteiger partial charge is 0.367 e. The van der Waals surface area contributed by atoms with Crippen molar-refractivity contribution in [2.24, 2.45) is 11.8 Å². The summed E-state index contributed by atoms with van der Waals surface area (Å²) in [5.74, 6) is 2.35. The van der Waals surface area contributed by atoms with Crippen LogP contribution in [0.25, 0.3) is 0 Å². The second kappa shape index (κ2) is 3.97. The van der Waals surface area contributed by atoms with E-state index in [1.807, 2.05) is 13.8 Å². The number of hydrogen-bond donors (Lipinski definition) is 1. The van der Waals surface area contributed by atoms with Gasteiger partial charge in [-0.15, -0.1) is 0 Å². The minimum Gasteiger partial charge on any atom is -0.367 e. The van der Waals surface area contributed by atoms with Crippen LogP contribution in [0, 0.1) is 25.7 Å². The highest BCUT2D eigenvalue weighted by Crippen LogP contribution is 2.37. The van der Waals surface area contributed by atoms with Gasteiger partial charge in [-0.25, -0.2) is 9.97 Å². The zero-order valence-corrected chi connectivity index (χ0v) is 10.1. The fourth-order valence-electron chi connectivity index (χ4n) is 1.60. The minimum atomic E-state index is 0.478. The predicted molar refractivity (Wildman–Crippen MR) is 62.3 cm³/mol. The van der Waals surface area contributed by atoms with Crippen LogP contribution in [0.15, 0.2) is 0 Å². The first-order valence-electron chi connectivity index (χ1n) is 5.32. The Balaban J connectivity index is 2.04. The van der Waals surface area contributed by atoms with Crippen molar-refractivity contribution in [3.63, 3.8) is 0 Å². The third-order valence-electron chi connectivity index (χ3n) is 3.07. The summed E-state index contributed by atoms with van der Waals surface area (Å²) in [7, 11) is 0. The molecular weight excluding hydrogens is 210 g/mol. The summed E-state index contributed by atoms with van der Waals surface area (Å²) in [6.07, 6.45) is 1.31. The zero-order chi connectivity index (χ0) is 11.0. The average Bonchev–Trinajstić information content (AvgIpc) is 2.86. The second-order valence-electron chi connectivity index (χ2n) is 4.39. The van der Waals surface area contributed by atoms with Crippen molar-refractivity contribution in [1.29, 1.82) is 0 Å². The lowest BCUT2D eigenvalue weighted by Crippen LogP contribution is -2.08. The van der Waals surface area contributed by atoms with Gasteiger partial charge >= 0.3 is 0 Å². The number of nitrogens with zero attached hydrogens (tertiary/aromatic N) is 2. The van der Waals surface area contributed by atoms with Crippen molar-refractivity contribution >= 4 is 17.4 Å². The molecule has 2 atom stereocenters. The average molecular weight is 226 g/mol. The van der Waals surface area contributed by atoms with Crippen LogP contribution in [0.5, 0.6) is 0 Å². The molecule has 0 saturated heterocycles. The van der Waals surface area contributed by atoms with Crippen molar-refractivity contribution in [2.75, 3.05) is 11.9 Å². The molecule has 1 N–H and O–H groups in total. The highest BCUT2D eigenvalue weighted by atomic mass is 35.5. The summed E-state index contributed by atoms with van der Waals surface area (Å²) in [6, 6.07) is 0. The minimum absolute atomic E-state index is 0.478. The molecule has 0 aliphatic heterocycles. The fourth-order valence-corrected chi connectivity index (χ4v) is 1.84. The van der Waals surface area contributed by atoms with Crippen molar-refractivity contribution in [2.45, 2.75) is 27.2 Å². The molecule has 2 rings (SSSR count). The van der Waals surface area contributed by atoms with E-state index in [2.05, 4.69) is 22.2 Å². The maximum atomic E-state index is 6.01. The van der Waals surface area contributed by atoms with Gasteiger partial charge in [0.1, 0.15) is 0 Å². The van der Waals surface area contributed by atoms with Gasteiger partial charge in [-0.3, -0.25) is 0 Å². The zero-order valence-electron chi connectivity index (χ0n) is 9.34. The molecule has 1 saturated carbocycles. The second-order valence-corrected chi connectivity index (χ2v) is 4.75.